The number of hydrogen-bond donors (Lipinski definition) is 1. The zero-order valence-corrected chi connectivity index (χ0v) is 15.6. The van der Waals surface area contributed by atoms with Crippen LogP contribution in [0.15, 0.2) is 60.1 Å². The lowest BCUT2D eigenvalue weighted by Gasteiger charge is -2.01. The molecular weight excluding hydrogens is 362 g/mol. The molecule has 1 amide bonds. The monoisotopic (exact) mass is 381 g/mol. The standard InChI is InChI=1S/C20H19N3O3S/c1-2-21-18(24)14-26-19(25)11-10-15-13-23(16-7-4-3-5-8-16)22-20(15)17-9-6-12-27-17/h3-13H,2,14H2,1H3,(H,21,24)/b11-10+. The molecule has 3 rings (SSSR count). The SMILES string of the molecule is CCNC(=O)COC(=O)/C=C/c1cn(-c2ccccc2)nc1-c1cccs1. The van der Waals surface area contributed by atoms with E-state index in [4.69, 9.17) is 4.74 Å². The van der Waals surface area contributed by atoms with Crippen molar-refractivity contribution in [3.8, 4) is 16.3 Å². The van der Waals surface area contributed by atoms with Crippen LogP contribution in [-0.2, 0) is 14.3 Å². The molecule has 0 unspecified atom stereocenters. The minimum absolute atomic E-state index is 0.294. The molecule has 1 N–H and O–H groups in total. The van der Waals surface area contributed by atoms with E-state index in [9.17, 15) is 9.59 Å². The number of likely N-dealkylation sites (N-methyl/N-ethyl adjacent to an activating group) is 1. The minimum Gasteiger partial charge on any atom is -0.452 e. The van der Waals surface area contributed by atoms with Crippen molar-refractivity contribution in [3.05, 3.63) is 65.7 Å². The molecule has 0 fully saturated rings. The number of para-hydroxylation sites is 1. The van der Waals surface area contributed by atoms with Gasteiger partial charge in [-0.2, -0.15) is 5.10 Å². The second-order valence-corrected chi connectivity index (χ2v) is 6.53. The summed E-state index contributed by atoms with van der Waals surface area (Å²) in [7, 11) is 0. The summed E-state index contributed by atoms with van der Waals surface area (Å²) in [6.45, 7) is 2.00. The number of ether oxygens (including phenoxy) is 1. The predicted octanol–water partition coefficient (Wildman–Crippen LogP) is 3.29. The summed E-state index contributed by atoms with van der Waals surface area (Å²) in [6, 6.07) is 13.7. The van der Waals surface area contributed by atoms with Gasteiger partial charge in [-0.25, -0.2) is 9.48 Å². The van der Waals surface area contributed by atoms with Crippen LogP contribution in [0, 0.1) is 0 Å². The Morgan fingerprint density at radius 1 is 1.22 bits per heavy atom. The number of amides is 1. The van der Waals surface area contributed by atoms with Crippen molar-refractivity contribution >= 4 is 29.3 Å². The number of thiophene rings is 1. The molecule has 0 radical (unpaired) electrons. The van der Waals surface area contributed by atoms with Crippen LogP contribution < -0.4 is 5.32 Å². The van der Waals surface area contributed by atoms with Gasteiger partial charge in [0.2, 0.25) is 0 Å². The van der Waals surface area contributed by atoms with Crippen LogP contribution >= 0.6 is 11.3 Å². The molecule has 0 atom stereocenters. The third-order valence-corrected chi connectivity index (χ3v) is 4.51. The number of benzene rings is 1. The second kappa shape index (κ2) is 8.95. The molecule has 0 saturated heterocycles. The van der Waals surface area contributed by atoms with E-state index in [1.807, 2.05) is 54.0 Å². The molecule has 3 aromatic rings. The van der Waals surface area contributed by atoms with E-state index < -0.39 is 5.97 Å². The summed E-state index contributed by atoms with van der Waals surface area (Å²) in [4.78, 5) is 24.3. The summed E-state index contributed by atoms with van der Waals surface area (Å²) in [5.41, 5.74) is 2.49. The molecule has 0 aliphatic carbocycles. The van der Waals surface area contributed by atoms with Crippen LogP contribution in [0.3, 0.4) is 0 Å². The Labute approximate surface area is 161 Å². The highest BCUT2D eigenvalue weighted by Gasteiger charge is 2.12. The van der Waals surface area contributed by atoms with Crippen molar-refractivity contribution in [2.75, 3.05) is 13.2 Å². The van der Waals surface area contributed by atoms with Gasteiger partial charge in [0.25, 0.3) is 5.91 Å². The summed E-state index contributed by atoms with van der Waals surface area (Å²) < 4.78 is 6.71. The van der Waals surface area contributed by atoms with Crippen molar-refractivity contribution in [1.29, 1.82) is 0 Å². The normalized spacial score (nSPS) is 10.9. The van der Waals surface area contributed by atoms with Crippen molar-refractivity contribution in [2.24, 2.45) is 0 Å². The fraction of sp³-hybridized carbons (Fsp3) is 0.150. The van der Waals surface area contributed by atoms with E-state index in [1.54, 1.807) is 29.0 Å². The first kappa shape index (κ1) is 18.6. The Balaban J connectivity index is 1.80. The topological polar surface area (TPSA) is 73.2 Å². The molecular formula is C20H19N3O3S. The molecule has 1 aromatic carbocycles. The molecule has 6 nitrogen and oxygen atoms in total. The Morgan fingerprint density at radius 3 is 2.74 bits per heavy atom. The van der Waals surface area contributed by atoms with Gasteiger partial charge in [-0.1, -0.05) is 24.3 Å². The molecule has 0 aliphatic rings. The third-order valence-electron chi connectivity index (χ3n) is 3.64. The maximum atomic E-state index is 11.9. The van der Waals surface area contributed by atoms with E-state index in [0.717, 1.165) is 21.8 Å². The highest BCUT2D eigenvalue weighted by molar-refractivity contribution is 7.13. The van der Waals surface area contributed by atoms with E-state index in [0.29, 0.717) is 6.54 Å². The Morgan fingerprint density at radius 2 is 2.04 bits per heavy atom. The number of nitrogens with zero attached hydrogens (tertiary/aromatic N) is 2. The molecule has 0 aliphatic heterocycles. The average Bonchev–Trinajstić information content (AvgIpc) is 3.35. The number of hydrogen-bond acceptors (Lipinski definition) is 5. The summed E-state index contributed by atoms with van der Waals surface area (Å²) in [5.74, 6) is -0.902. The smallest absolute Gasteiger partial charge is 0.331 e. The van der Waals surface area contributed by atoms with Gasteiger partial charge in [-0.05, 0) is 36.6 Å². The zero-order valence-electron chi connectivity index (χ0n) is 14.8. The number of nitrogens with one attached hydrogen (secondary N) is 1. The first-order valence-corrected chi connectivity index (χ1v) is 9.36. The largest absolute Gasteiger partial charge is 0.452 e. The van der Waals surface area contributed by atoms with Gasteiger partial charge in [0, 0.05) is 24.4 Å². The summed E-state index contributed by atoms with van der Waals surface area (Å²) in [5, 5.41) is 9.21. The number of esters is 1. The summed E-state index contributed by atoms with van der Waals surface area (Å²) in [6.07, 6.45) is 4.82. The van der Waals surface area contributed by atoms with Crippen molar-refractivity contribution < 1.29 is 14.3 Å². The van der Waals surface area contributed by atoms with E-state index in [1.165, 1.54) is 6.08 Å². The lowest BCUT2D eigenvalue weighted by molar-refractivity contribution is -0.143. The molecule has 0 saturated carbocycles. The van der Waals surface area contributed by atoms with Crippen LogP contribution in [0.5, 0.6) is 0 Å². The predicted molar refractivity (Wildman–Crippen MR) is 106 cm³/mol. The van der Waals surface area contributed by atoms with Gasteiger partial charge in [0.15, 0.2) is 6.61 Å². The fourth-order valence-corrected chi connectivity index (χ4v) is 3.15. The van der Waals surface area contributed by atoms with Crippen LogP contribution in [0.25, 0.3) is 22.3 Å². The van der Waals surface area contributed by atoms with Gasteiger partial charge >= 0.3 is 5.97 Å². The van der Waals surface area contributed by atoms with Crippen LogP contribution in [0.1, 0.15) is 12.5 Å². The third kappa shape index (κ3) is 4.92. The Bertz CT molecular complexity index is 931. The molecule has 27 heavy (non-hydrogen) atoms. The maximum Gasteiger partial charge on any atom is 0.331 e. The van der Waals surface area contributed by atoms with Crippen LogP contribution in [-0.4, -0.2) is 34.8 Å². The van der Waals surface area contributed by atoms with E-state index >= 15 is 0 Å². The Hall–Kier alpha value is -3.19. The molecule has 2 heterocycles. The van der Waals surface area contributed by atoms with Gasteiger partial charge in [-0.3, -0.25) is 4.79 Å². The van der Waals surface area contributed by atoms with Gasteiger partial charge in [-0.15, -0.1) is 11.3 Å². The van der Waals surface area contributed by atoms with Gasteiger partial charge in [0.1, 0.15) is 5.69 Å². The van der Waals surface area contributed by atoms with Crippen LogP contribution in [0.2, 0.25) is 0 Å². The number of carbonyl (C=O) groups excluding carboxylic acids is 2. The lowest BCUT2D eigenvalue weighted by Crippen LogP contribution is -2.28. The second-order valence-electron chi connectivity index (χ2n) is 5.59. The lowest BCUT2D eigenvalue weighted by atomic mass is 10.2. The highest BCUT2D eigenvalue weighted by Crippen LogP contribution is 2.28. The van der Waals surface area contributed by atoms with Crippen molar-refractivity contribution in [3.63, 3.8) is 0 Å². The van der Waals surface area contributed by atoms with Crippen molar-refractivity contribution in [1.82, 2.24) is 15.1 Å². The van der Waals surface area contributed by atoms with Crippen LogP contribution in [0.4, 0.5) is 0 Å². The minimum atomic E-state index is -0.578. The van der Waals surface area contributed by atoms with E-state index in [2.05, 4.69) is 10.4 Å². The molecule has 138 valence electrons. The molecule has 2 aromatic heterocycles. The number of aromatic nitrogens is 2. The fourth-order valence-electron chi connectivity index (χ4n) is 2.42. The molecule has 0 bridgehead atoms. The average molecular weight is 381 g/mol. The quantitative estimate of drug-likeness (QED) is 0.503. The van der Waals surface area contributed by atoms with Gasteiger partial charge in [0.05, 0.1) is 10.6 Å². The first-order chi connectivity index (χ1) is 13.2. The first-order valence-electron chi connectivity index (χ1n) is 8.48. The Kier molecular flexibility index (Phi) is 6.17. The van der Waals surface area contributed by atoms with Crippen molar-refractivity contribution in [2.45, 2.75) is 6.92 Å². The zero-order chi connectivity index (χ0) is 19.1. The van der Waals surface area contributed by atoms with E-state index in [-0.39, 0.29) is 12.5 Å². The molecule has 7 heteroatoms. The van der Waals surface area contributed by atoms with Gasteiger partial charge < -0.3 is 10.1 Å². The number of rotatable bonds is 7. The highest BCUT2D eigenvalue weighted by atomic mass is 32.1. The maximum absolute atomic E-state index is 11.9. The molecule has 0 spiro atoms. The summed E-state index contributed by atoms with van der Waals surface area (Å²) >= 11 is 1.57. The number of carbonyl (C=O) groups is 2.